The monoisotopic (exact) mass is 342 g/mol. The second-order valence-corrected chi connectivity index (χ2v) is 7.86. The number of nitrogens with zero attached hydrogens (tertiary/aromatic N) is 2. The van der Waals surface area contributed by atoms with Gasteiger partial charge in [-0.15, -0.1) is 0 Å². The molecular formula is C24H26N2. The quantitative estimate of drug-likeness (QED) is 0.661. The summed E-state index contributed by atoms with van der Waals surface area (Å²) in [6.07, 6.45) is 2.55. The van der Waals surface area contributed by atoms with Crippen molar-refractivity contribution in [2.24, 2.45) is 0 Å². The Morgan fingerprint density at radius 2 is 1.35 bits per heavy atom. The summed E-state index contributed by atoms with van der Waals surface area (Å²) in [5.41, 5.74) is 4.58. The average Bonchev–Trinajstić information content (AvgIpc) is 3.10. The van der Waals surface area contributed by atoms with Crippen LogP contribution in [0.25, 0.3) is 10.8 Å². The normalized spacial score (nSPS) is 19.1. The van der Waals surface area contributed by atoms with Crippen molar-refractivity contribution in [2.45, 2.75) is 31.8 Å². The topological polar surface area (TPSA) is 6.48 Å². The van der Waals surface area contributed by atoms with Gasteiger partial charge in [0.15, 0.2) is 0 Å². The fraction of sp³-hybridized carbons (Fsp3) is 0.333. The molecule has 0 unspecified atom stereocenters. The fourth-order valence-electron chi connectivity index (χ4n) is 4.78. The van der Waals surface area contributed by atoms with Crippen LogP contribution in [0.1, 0.15) is 35.4 Å². The first-order valence-corrected chi connectivity index (χ1v) is 9.86. The van der Waals surface area contributed by atoms with E-state index in [-0.39, 0.29) is 0 Å². The zero-order valence-corrected chi connectivity index (χ0v) is 15.3. The van der Waals surface area contributed by atoms with Crippen LogP contribution in [0.15, 0.2) is 66.7 Å². The van der Waals surface area contributed by atoms with E-state index in [4.69, 9.17) is 0 Å². The van der Waals surface area contributed by atoms with Crippen LogP contribution in [0.2, 0.25) is 0 Å². The van der Waals surface area contributed by atoms with Crippen molar-refractivity contribution >= 4 is 10.8 Å². The van der Waals surface area contributed by atoms with Crippen LogP contribution in [0.3, 0.4) is 0 Å². The summed E-state index contributed by atoms with van der Waals surface area (Å²) in [6, 6.07) is 24.5. The lowest BCUT2D eigenvalue weighted by Crippen LogP contribution is -2.40. The van der Waals surface area contributed by atoms with Crippen LogP contribution in [-0.4, -0.2) is 29.6 Å². The van der Waals surface area contributed by atoms with E-state index in [1.165, 1.54) is 47.8 Å². The summed E-state index contributed by atoms with van der Waals surface area (Å²) in [5.74, 6) is 0.702. The Hall–Kier alpha value is -2.16. The number of benzene rings is 3. The van der Waals surface area contributed by atoms with Gasteiger partial charge in [-0.05, 0) is 59.3 Å². The minimum Gasteiger partial charge on any atom is -0.290 e. The minimum atomic E-state index is 0.702. The van der Waals surface area contributed by atoms with Gasteiger partial charge in [-0.1, -0.05) is 66.7 Å². The van der Waals surface area contributed by atoms with E-state index in [1.54, 1.807) is 5.56 Å². The van der Waals surface area contributed by atoms with E-state index in [0.29, 0.717) is 5.92 Å². The Bertz CT molecular complexity index is 878. The Kier molecular flexibility index (Phi) is 4.24. The molecule has 2 aliphatic heterocycles. The second-order valence-electron chi connectivity index (χ2n) is 7.86. The third-order valence-electron chi connectivity index (χ3n) is 6.16. The molecule has 2 heterocycles. The van der Waals surface area contributed by atoms with Gasteiger partial charge in [-0.2, -0.15) is 0 Å². The molecule has 0 aliphatic carbocycles. The molecule has 0 N–H and O–H groups in total. The first kappa shape index (κ1) is 16.0. The van der Waals surface area contributed by atoms with Crippen LogP contribution >= 0.6 is 0 Å². The highest BCUT2D eigenvalue weighted by Crippen LogP contribution is 2.33. The summed E-state index contributed by atoms with van der Waals surface area (Å²) in [7, 11) is 0. The Morgan fingerprint density at radius 1 is 0.692 bits per heavy atom. The molecule has 0 atom stereocenters. The maximum Gasteiger partial charge on any atom is 0.0512 e. The maximum absolute atomic E-state index is 2.65. The van der Waals surface area contributed by atoms with Crippen molar-refractivity contribution < 1.29 is 0 Å². The van der Waals surface area contributed by atoms with E-state index >= 15 is 0 Å². The SMILES string of the molecule is c1ccc2c(c1)CN(CN1CCC(c3cccc4ccccc34)CC1)C2. The van der Waals surface area contributed by atoms with Gasteiger partial charge in [-0.25, -0.2) is 0 Å². The lowest BCUT2D eigenvalue weighted by Gasteiger charge is -2.35. The van der Waals surface area contributed by atoms with E-state index in [0.717, 1.165) is 19.8 Å². The zero-order valence-electron chi connectivity index (χ0n) is 15.3. The van der Waals surface area contributed by atoms with Crippen LogP contribution in [-0.2, 0) is 13.1 Å². The smallest absolute Gasteiger partial charge is 0.0512 e. The van der Waals surface area contributed by atoms with E-state index < -0.39 is 0 Å². The van der Waals surface area contributed by atoms with E-state index in [2.05, 4.69) is 76.5 Å². The van der Waals surface area contributed by atoms with Gasteiger partial charge in [-0.3, -0.25) is 9.80 Å². The molecule has 0 saturated carbocycles. The number of rotatable bonds is 3. The predicted molar refractivity (Wildman–Crippen MR) is 108 cm³/mol. The van der Waals surface area contributed by atoms with E-state index in [9.17, 15) is 0 Å². The Morgan fingerprint density at radius 3 is 2.12 bits per heavy atom. The van der Waals surface area contributed by atoms with Crippen molar-refractivity contribution in [3.8, 4) is 0 Å². The highest BCUT2D eigenvalue weighted by Gasteiger charge is 2.25. The molecule has 132 valence electrons. The van der Waals surface area contributed by atoms with Gasteiger partial charge < -0.3 is 0 Å². The van der Waals surface area contributed by atoms with Crippen LogP contribution in [0, 0.1) is 0 Å². The number of fused-ring (bicyclic) bond motifs is 2. The Labute approximate surface area is 156 Å². The molecule has 26 heavy (non-hydrogen) atoms. The van der Waals surface area contributed by atoms with Crippen LogP contribution in [0.5, 0.6) is 0 Å². The molecule has 2 aliphatic rings. The summed E-state index contributed by atoms with van der Waals surface area (Å²) >= 11 is 0. The van der Waals surface area contributed by atoms with Crippen LogP contribution in [0.4, 0.5) is 0 Å². The van der Waals surface area contributed by atoms with Gasteiger partial charge in [0.1, 0.15) is 0 Å². The van der Waals surface area contributed by atoms with Crippen molar-refractivity contribution in [3.05, 3.63) is 83.4 Å². The molecule has 0 bridgehead atoms. The van der Waals surface area contributed by atoms with Crippen LogP contribution < -0.4 is 0 Å². The van der Waals surface area contributed by atoms with Crippen molar-refractivity contribution in [2.75, 3.05) is 19.8 Å². The highest BCUT2D eigenvalue weighted by atomic mass is 15.3. The molecule has 0 amide bonds. The summed E-state index contributed by atoms with van der Waals surface area (Å²) in [6.45, 7) is 5.75. The average molecular weight is 342 g/mol. The number of piperidine rings is 1. The molecule has 1 saturated heterocycles. The lowest BCUT2D eigenvalue weighted by molar-refractivity contribution is 0.106. The zero-order chi connectivity index (χ0) is 17.3. The summed E-state index contributed by atoms with van der Waals surface area (Å²) in [5, 5.41) is 2.82. The molecular weight excluding hydrogens is 316 g/mol. The van der Waals surface area contributed by atoms with Gasteiger partial charge in [0.25, 0.3) is 0 Å². The largest absolute Gasteiger partial charge is 0.290 e. The lowest BCUT2D eigenvalue weighted by atomic mass is 9.86. The molecule has 3 aromatic carbocycles. The van der Waals surface area contributed by atoms with Crippen molar-refractivity contribution in [1.82, 2.24) is 9.80 Å². The molecule has 1 fully saturated rings. The van der Waals surface area contributed by atoms with Crippen molar-refractivity contribution in [1.29, 1.82) is 0 Å². The fourth-order valence-corrected chi connectivity index (χ4v) is 4.78. The predicted octanol–water partition coefficient (Wildman–Crippen LogP) is 4.99. The Balaban J connectivity index is 1.23. The first-order chi connectivity index (χ1) is 12.9. The summed E-state index contributed by atoms with van der Waals surface area (Å²) in [4.78, 5) is 5.23. The molecule has 2 nitrogen and oxygen atoms in total. The standard InChI is InChI=1S/C24H26N2/c1-2-8-22-17-26(16-21(22)7-1)18-25-14-12-20(13-15-25)24-11-5-9-19-6-3-4-10-23(19)24/h1-11,20H,12-18H2. The second kappa shape index (κ2) is 6.86. The third kappa shape index (κ3) is 3.04. The number of likely N-dealkylation sites (tertiary alicyclic amines) is 1. The third-order valence-corrected chi connectivity index (χ3v) is 6.16. The summed E-state index contributed by atoms with van der Waals surface area (Å²) < 4.78 is 0. The minimum absolute atomic E-state index is 0.702. The molecule has 0 spiro atoms. The highest BCUT2D eigenvalue weighted by molar-refractivity contribution is 5.86. The molecule has 5 rings (SSSR count). The first-order valence-electron chi connectivity index (χ1n) is 9.86. The van der Waals surface area contributed by atoms with Gasteiger partial charge in [0.2, 0.25) is 0 Å². The number of hydrogen-bond acceptors (Lipinski definition) is 2. The van der Waals surface area contributed by atoms with Gasteiger partial charge in [0, 0.05) is 13.1 Å². The molecule has 0 radical (unpaired) electrons. The molecule has 2 heteroatoms. The van der Waals surface area contributed by atoms with Crippen molar-refractivity contribution in [3.63, 3.8) is 0 Å². The van der Waals surface area contributed by atoms with Gasteiger partial charge >= 0.3 is 0 Å². The maximum atomic E-state index is 2.65. The van der Waals surface area contributed by atoms with E-state index in [1.807, 2.05) is 0 Å². The molecule has 3 aromatic rings. The van der Waals surface area contributed by atoms with Gasteiger partial charge in [0.05, 0.1) is 6.67 Å². The molecule has 0 aromatic heterocycles. The number of hydrogen-bond donors (Lipinski definition) is 0.